The van der Waals surface area contributed by atoms with E-state index in [9.17, 15) is 14.0 Å². The van der Waals surface area contributed by atoms with Crippen molar-refractivity contribution in [3.8, 4) is 0 Å². The quantitative estimate of drug-likeness (QED) is 0.627. The van der Waals surface area contributed by atoms with Crippen LogP contribution >= 0.6 is 11.6 Å². The Morgan fingerprint density at radius 3 is 2.22 bits per heavy atom. The summed E-state index contributed by atoms with van der Waals surface area (Å²) < 4.78 is 13.7. The lowest BCUT2D eigenvalue weighted by Gasteiger charge is -2.06. The molecule has 18 heavy (non-hydrogen) atoms. The van der Waals surface area contributed by atoms with Crippen LogP contribution in [0.25, 0.3) is 0 Å². The zero-order chi connectivity index (χ0) is 13.1. The molecule has 0 bridgehead atoms. The molecular formula is C14H8ClFO2. The van der Waals surface area contributed by atoms with Gasteiger partial charge in [0, 0.05) is 11.1 Å². The number of carbonyl (C=O) groups is 2. The molecule has 0 heterocycles. The third kappa shape index (κ3) is 2.31. The van der Waals surface area contributed by atoms with Crippen molar-refractivity contribution in [3.05, 3.63) is 71.0 Å². The van der Waals surface area contributed by atoms with Crippen molar-refractivity contribution < 1.29 is 14.0 Å². The maximum atomic E-state index is 13.7. The summed E-state index contributed by atoms with van der Waals surface area (Å²) in [6.07, 6.45) is 0. The van der Waals surface area contributed by atoms with Crippen LogP contribution in [0.5, 0.6) is 0 Å². The Morgan fingerprint density at radius 1 is 0.944 bits per heavy atom. The Kier molecular flexibility index (Phi) is 3.53. The van der Waals surface area contributed by atoms with E-state index in [-0.39, 0.29) is 11.1 Å². The third-order valence-electron chi connectivity index (χ3n) is 2.49. The van der Waals surface area contributed by atoms with Crippen LogP contribution in [0.4, 0.5) is 4.39 Å². The minimum Gasteiger partial charge on any atom is -0.288 e. The van der Waals surface area contributed by atoms with Crippen LogP contribution < -0.4 is 0 Å². The van der Waals surface area contributed by atoms with Crippen molar-refractivity contribution in [2.45, 2.75) is 0 Å². The van der Waals surface area contributed by atoms with Crippen molar-refractivity contribution >= 4 is 22.6 Å². The minimum absolute atomic E-state index is 0.120. The Bertz CT molecular complexity index is 608. The maximum absolute atomic E-state index is 13.7. The smallest absolute Gasteiger partial charge is 0.253 e. The van der Waals surface area contributed by atoms with Gasteiger partial charge in [0.25, 0.3) is 5.24 Å². The normalized spacial score (nSPS) is 10.1. The highest BCUT2D eigenvalue weighted by molar-refractivity contribution is 6.68. The van der Waals surface area contributed by atoms with Crippen molar-refractivity contribution in [2.75, 3.05) is 0 Å². The van der Waals surface area contributed by atoms with Crippen molar-refractivity contribution in [1.29, 1.82) is 0 Å². The van der Waals surface area contributed by atoms with E-state index in [0.717, 1.165) is 6.07 Å². The molecule has 0 saturated heterocycles. The average Bonchev–Trinajstić information content (AvgIpc) is 2.38. The molecule has 0 N–H and O–H groups in total. The monoisotopic (exact) mass is 262 g/mol. The average molecular weight is 263 g/mol. The minimum atomic E-state index is -0.853. The second kappa shape index (κ2) is 5.10. The van der Waals surface area contributed by atoms with Crippen LogP contribution in [-0.2, 0) is 0 Å². The number of benzene rings is 2. The third-order valence-corrected chi connectivity index (χ3v) is 2.69. The first-order valence-electron chi connectivity index (χ1n) is 5.19. The first-order valence-corrected chi connectivity index (χ1v) is 5.57. The molecule has 0 aliphatic rings. The van der Waals surface area contributed by atoms with Gasteiger partial charge in [-0.2, -0.15) is 0 Å². The zero-order valence-corrected chi connectivity index (χ0v) is 9.95. The first-order chi connectivity index (χ1) is 8.61. The summed E-state index contributed by atoms with van der Waals surface area (Å²) in [6, 6.07) is 12.0. The van der Waals surface area contributed by atoms with E-state index in [2.05, 4.69) is 0 Å². The SMILES string of the molecule is O=C(Cl)c1cccc(F)c1C(=O)c1ccccc1. The highest BCUT2D eigenvalue weighted by Crippen LogP contribution is 2.19. The molecule has 4 heteroatoms. The Balaban J connectivity index is 2.58. The predicted molar refractivity (Wildman–Crippen MR) is 66.5 cm³/mol. The van der Waals surface area contributed by atoms with Gasteiger partial charge in [-0.25, -0.2) is 4.39 Å². The van der Waals surface area contributed by atoms with Crippen LogP contribution in [0.15, 0.2) is 48.5 Å². The van der Waals surface area contributed by atoms with Gasteiger partial charge in [-0.3, -0.25) is 9.59 Å². The van der Waals surface area contributed by atoms with Gasteiger partial charge in [0.05, 0.1) is 5.56 Å². The number of carbonyl (C=O) groups excluding carboxylic acids is 2. The number of rotatable bonds is 3. The molecule has 0 fully saturated rings. The standard InChI is InChI=1S/C14H8ClFO2/c15-14(18)10-7-4-8-11(16)12(10)13(17)9-5-2-1-3-6-9/h1-8H. The molecule has 2 aromatic rings. The van der Waals surface area contributed by atoms with E-state index >= 15 is 0 Å². The number of hydrogen-bond donors (Lipinski definition) is 0. The van der Waals surface area contributed by atoms with Gasteiger partial charge in [-0.05, 0) is 23.7 Å². The van der Waals surface area contributed by atoms with Crippen LogP contribution in [0, 0.1) is 5.82 Å². The van der Waals surface area contributed by atoms with Crippen LogP contribution in [0.3, 0.4) is 0 Å². The van der Waals surface area contributed by atoms with Crippen molar-refractivity contribution in [2.24, 2.45) is 0 Å². The summed E-state index contributed by atoms with van der Waals surface area (Å²) in [7, 11) is 0. The second-order valence-corrected chi connectivity index (χ2v) is 3.97. The predicted octanol–water partition coefficient (Wildman–Crippen LogP) is 3.44. The van der Waals surface area contributed by atoms with Crippen molar-refractivity contribution in [1.82, 2.24) is 0 Å². The van der Waals surface area contributed by atoms with E-state index in [1.54, 1.807) is 30.3 Å². The summed E-state index contributed by atoms with van der Waals surface area (Å²) in [6.45, 7) is 0. The Labute approximate surface area is 108 Å². The van der Waals surface area contributed by atoms with E-state index < -0.39 is 16.8 Å². The van der Waals surface area contributed by atoms with E-state index in [1.165, 1.54) is 12.1 Å². The molecule has 0 aliphatic heterocycles. The zero-order valence-electron chi connectivity index (χ0n) is 9.19. The lowest BCUT2D eigenvalue weighted by atomic mass is 9.98. The Hall–Kier alpha value is -2.00. The number of halogens is 2. The topological polar surface area (TPSA) is 34.1 Å². The summed E-state index contributed by atoms with van der Waals surface area (Å²) in [5.74, 6) is -1.31. The molecule has 90 valence electrons. The van der Waals surface area contributed by atoms with E-state index in [1.807, 2.05) is 0 Å². The molecular weight excluding hydrogens is 255 g/mol. The Morgan fingerprint density at radius 2 is 1.61 bits per heavy atom. The molecule has 2 nitrogen and oxygen atoms in total. The molecule has 2 rings (SSSR count). The van der Waals surface area contributed by atoms with Crippen LogP contribution in [0.1, 0.15) is 26.3 Å². The molecule has 0 amide bonds. The lowest BCUT2D eigenvalue weighted by Crippen LogP contribution is -2.10. The fraction of sp³-hybridized carbons (Fsp3) is 0. The fourth-order valence-corrected chi connectivity index (χ4v) is 1.81. The number of ketones is 1. The van der Waals surface area contributed by atoms with Gasteiger partial charge in [0.1, 0.15) is 5.82 Å². The summed E-state index contributed by atoms with van der Waals surface area (Å²) in [4.78, 5) is 23.3. The van der Waals surface area contributed by atoms with Crippen LogP contribution in [-0.4, -0.2) is 11.0 Å². The maximum Gasteiger partial charge on any atom is 0.253 e. The van der Waals surface area contributed by atoms with Gasteiger partial charge in [-0.1, -0.05) is 36.4 Å². The highest BCUT2D eigenvalue weighted by Gasteiger charge is 2.21. The van der Waals surface area contributed by atoms with E-state index in [0.29, 0.717) is 5.56 Å². The van der Waals surface area contributed by atoms with Gasteiger partial charge in [-0.15, -0.1) is 0 Å². The van der Waals surface area contributed by atoms with Gasteiger partial charge < -0.3 is 0 Å². The molecule has 0 atom stereocenters. The molecule has 0 unspecified atom stereocenters. The van der Waals surface area contributed by atoms with Gasteiger partial charge in [0.2, 0.25) is 0 Å². The number of hydrogen-bond acceptors (Lipinski definition) is 2. The molecule has 0 radical (unpaired) electrons. The molecule has 0 aliphatic carbocycles. The largest absolute Gasteiger partial charge is 0.288 e. The van der Waals surface area contributed by atoms with Crippen LogP contribution in [0.2, 0.25) is 0 Å². The fourth-order valence-electron chi connectivity index (χ4n) is 1.65. The summed E-state index contributed by atoms with van der Waals surface area (Å²) >= 11 is 5.35. The molecule has 2 aromatic carbocycles. The van der Waals surface area contributed by atoms with Gasteiger partial charge >= 0.3 is 0 Å². The molecule has 0 aromatic heterocycles. The van der Waals surface area contributed by atoms with E-state index in [4.69, 9.17) is 11.6 Å². The van der Waals surface area contributed by atoms with Gasteiger partial charge in [0.15, 0.2) is 5.78 Å². The molecule has 0 saturated carbocycles. The highest BCUT2D eigenvalue weighted by atomic mass is 35.5. The first kappa shape index (κ1) is 12.5. The van der Waals surface area contributed by atoms with Crippen molar-refractivity contribution in [3.63, 3.8) is 0 Å². The summed E-state index contributed by atoms with van der Waals surface area (Å²) in [5, 5.41) is -0.853. The molecule has 0 spiro atoms. The summed E-state index contributed by atoms with van der Waals surface area (Å²) in [5.41, 5.74) is -0.101. The second-order valence-electron chi connectivity index (χ2n) is 3.63. The lowest BCUT2D eigenvalue weighted by molar-refractivity contribution is 0.101.